The summed E-state index contributed by atoms with van der Waals surface area (Å²) < 4.78 is 51.4. The van der Waals surface area contributed by atoms with E-state index in [9.17, 15) is 44.2 Å². The number of nitrogens with two attached hydrogens (primary N) is 5. The summed E-state index contributed by atoms with van der Waals surface area (Å²) in [5.41, 5.74) is 28.5. The Labute approximate surface area is 258 Å². The average molecular weight is 662 g/mol. The van der Waals surface area contributed by atoms with Crippen LogP contribution in [0.5, 0.6) is 0 Å². The van der Waals surface area contributed by atoms with Crippen LogP contribution in [0.3, 0.4) is 0 Å². The minimum absolute atomic E-state index is 0.0551. The molecule has 2 heterocycles. The molecule has 3 rings (SSSR count). The maximum Gasteiger partial charge on any atom is 0.294 e. The molecule has 1 unspecified atom stereocenters. The van der Waals surface area contributed by atoms with Gasteiger partial charge >= 0.3 is 0 Å². The number of rotatable bonds is 14. The number of halogens is 2. The fourth-order valence-corrected chi connectivity index (χ4v) is 5.63. The van der Waals surface area contributed by atoms with Gasteiger partial charge in [0, 0.05) is 12.6 Å². The van der Waals surface area contributed by atoms with Gasteiger partial charge in [0.25, 0.3) is 11.8 Å². The molecule has 0 bridgehead atoms. The van der Waals surface area contributed by atoms with Gasteiger partial charge in [0.1, 0.15) is 36.6 Å². The van der Waals surface area contributed by atoms with Crippen LogP contribution >= 0.6 is 0 Å². The van der Waals surface area contributed by atoms with Crippen molar-refractivity contribution in [2.45, 2.75) is 117 Å². The highest BCUT2D eigenvalue weighted by Gasteiger charge is 2.52. The van der Waals surface area contributed by atoms with Crippen LogP contribution in [0.15, 0.2) is 0 Å². The molecule has 15 atom stereocenters. The molecule has 0 aromatic heterocycles. The molecule has 2 aliphatic heterocycles. The van der Waals surface area contributed by atoms with Crippen molar-refractivity contribution in [2.24, 2.45) is 28.7 Å². The highest BCUT2D eigenvalue weighted by atomic mass is 19.3. The Bertz CT molecular complexity index is 935. The lowest BCUT2D eigenvalue weighted by molar-refractivity contribution is -0.316. The number of hydrogen-bond acceptors (Lipinski definition) is 17. The molecule has 3 fully saturated rings. The van der Waals surface area contributed by atoms with E-state index in [2.05, 4.69) is 10.6 Å². The third kappa shape index (κ3) is 8.99. The van der Waals surface area contributed by atoms with E-state index in [1.807, 2.05) is 0 Å². The lowest BCUT2D eigenvalue weighted by atomic mass is 9.83. The number of amides is 1. The van der Waals surface area contributed by atoms with Crippen molar-refractivity contribution in [2.75, 3.05) is 32.8 Å². The zero-order valence-corrected chi connectivity index (χ0v) is 24.7. The van der Waals surface area contributed by atoms with Gasteiger partial charge in [-0.25, -0.2) is 8.78 Å². The van der Waals surface area contributed by atoms with E-state index in [0.29, 0.717) is 19.5 Å². The topological polar surface area (TPSA) is 330 Å². The third-order valence-electron chi connectivity index (χ3n) is 8.37. The molecular weight excluding hydrogens is 612 g/mol. The van der Waals surface area contributed by atoms with Crippen molar-refractivity contribution >= 4 is 5.91 Å². The second-order valence-corrected chi connectivity index (χ2v) is 11.6. The number of carbonyl (C=O) groups is 1. The predicted molar refractivity (Wildman–Crippen MR) is 150 cm³/mol. The highest BCUT2D eigenvalue weighted by Crippen LogP contribution is 2.32. The normalized spacial score (nSPS) is 41.9. The summed E-state index contributed by atoms with van der Waals surface area (Å²) in [5, 5.41) is 67.8. The zero-order valence-electron chi connectivity index (χ0n) is 24.7. The van der Waals surface area contributed by atoms with Crippen LogP contribution in [0, 0.1) is 0 Å². The molecule has 0 aromatic rings. The first-order valence-electron chi connectivity index (χ1n) is 14.9. The van der Waals surface area contributed by atoms with E-state index in [1.54, 1.807) is 0 Å². The first kappa shape index (κ1) is 38.1. The van der Waals surface area contributed by atoms with E-state index in [-0.39, 0.29) is 19.4 Å². The smallest absolute Gasteiger partial charge is 0.294 e. The van der Waals surface area contributed by atoms with E-state index < -0.39 is 117 Å². The molecule has 264 valence electrons. The van der Waals surface area contributed by atoms with Crippen molar-refractivity contribution < 1.29 is 63.2 Å². The molecule has 1 amide bonds. The Morgan fingerprint density at radius 3 is 2.18 bits per heavy atom. The Hall–Kier alpha value is -1.31. The second-order valence-electron chi connectivity index (χ2n) is 11.6. The summed E-state index contributed by atoms with van der Waals surface area (Å²) in [6.45, 7) is -1.29. The van der Waals surface area contributed by atoms with Crippen LogP contribution < -0.4 is 39.3 Å². The fraction of sp³-hybridized carbons (Fsp3) is 0.960. The van der Waals surface area contributed by atoms with Gasteiger partial charge in [-0.2, -0.15) is 0 Å². The van der Waals surface area contributed by atoms with Crippen LogP contribution in [0.2, 0.25) is 0 Å². The van der Waals surface area contributed by atoms with Gasteiger partial charge < -0.3 is 88.9 Å². The van der Waals surface area contributed by atoms with Crippen LogP contribution in [0.4, 0.5) is 8.78 Å². The van der Waals surface area contributed by atoms with E-state index in [0.717, 1.165) is 0 Å². The monoisotopic (exact) mass is 661 g/mol. The molecule has 1 aliphatic carbocycles. The van der Waals surface area contributed by atoms with Crippen molar-refractivity contribution in [1.82, 2.24) is 10.6 Å². The van der Waals surface area contributed by atoms with E-state index >= 15 is 0 Å². The average Bonchev–Trinajstić information content (AvgIpc) is 3.01. The summed E-state index contributed by atoms with van der Waals surface area (Å²) in [5.74, 6) is -5.54. The Kier molecular flexibility index (Phi) is 14.1. The molecule has 0 aromatic carbocycles. The Morgan fingerprint density at radius 1 is 0.933 bits per heavy atom. The number of hydrogen-bond donors (Lipinski definition) is 13. The third-order valence-corrected chi connectivity index (χ3v) is 8.37. The fourth-order valence-electron chi connectivity index (χ4n) is 5.63. The Balaban J connectivity index is 1.88. The lowest BCUT2D eigenvalue weighted by Crippen LogP contribution is -2.69. The first-order valence-corrected chi connectivity index (χ1v) is 14.9. The molecular formula is C25H49F2N7O11. The molecule has 0 radical (unpaired) electrons. The lowest BCUT2D eigenvalue weighted by Gasteiger charge is -2.49. The quantitative estimate of drug-likeness (QED) is 0.0769. The summed E-state index contributed by atoms with van der Waals surface area (Å²) in [6, 6.07) is -4.45. The van der Waals surface area contributed by atoms with E-state index in [4.69, 9.17) is 47.6 Å². The highest BCUT2D eigenvalue weighted by molar-refractivity contribution is 5.82. The van der Waals surface area contributed by atoms with Crippen LogP contribution in [-0.4, -0.2) is 167 Å². The predicted octanol–water partition coefficient (Wildman–Crippen LogP) is -7.20. The van der Waals surface area contributed by atoms with E-state index in [1.165, 1.54) is 0 Å². The van der Waals surface area contributed by atoms with Gasteiger partial charge in [-0.05, 0) is 32.4 Å². The van der Waals surface area contributed by atoms with Crippen molar-refractivity contribution in [3.05, 3.63) is 0 Å². The zero-order chi connectivity index (χ0) is 33.6. The first-order chi connectivity index (χ1) is 21.2. The molecule has 20 heteroatoms. The number of alkyl halides is 2. The number of ether oxygens (including phenoxy) is 4. The molecule has 1 saturated carbocycles. The molecule has 3 aliphatic rings. The van der Waals surface area contributed by atoms with Crippen molar-refractivity contribution in [3.8, 4) is 0 Å². The maximum atomic E-state index is 14.0. The van der Waals surface area contributed by atoms with Crippen molar-refractivity contribution in [3.63, 3.8) is 0 Å². The van der Waals surface area contributed by atoms with Gasteiger partial charge in [-0.1, -0.05) is 0 Å². The Morgan fingerprint density at radius 2 is 1.58 bits per heavy atom. The summed E-state index contributed by atoms with van der Waals surface area (Å²) >= 11 is 0. The maximum absolute atomic E-state index is 14.0. The molecule has 0 spiro atoms. The number of aliphatic hydroxyl groups excluding tert-OH is 6. The SMILES string of the molecule is NCCCN[C@@H]1C[C@H](O)[C@@H](CN)O[C@@H]1O[C@H]1[C@H](O)[C@@H](O[C@H]2O[C@H](CO)[C@@H](O)[C@H](N)[C@H]2O)[C@H](NC(=O)C(O)C(F)(F)CN)C[C@@H]1N. The van der Waals surface area contributed by atoms with Crippen LogP contribution in [0.1, 0.15) is 19.3 Å². The second kappa shape index (κ2) is 16.7. The van der Waals surface area contributed by atoms with Gasteiger partial charge in [-0.15, -0.1) is 0 Å². The van der Waals surface area contributed by atoms with Crippen molar-refractivity contribution in [1.29, 1.82) is 0 Å². The summed E-state index contributed by atoms with van der Waals surface area (Å²) in [4.78, 5) is 12.6. The van der Waals surface area contributed by atoms with Gasteiger partial charge in [0.15, 0.2) is 18.7 Å². The van der Waals surface area contributed by atoms with Crippen LogP contribution in [0.25, 0.3) is 0 Å². The van der Waals surface area contributed by atoms with Gasteiger partial charge in [0.2, 0.25) is 0 Å². The van der Waals surface area contributed by atoms with Crippen LogP contribution in [-0.2, 0) is 23.7 Å². The minimum atomic E-state index is -3.99. The van der Waals surface area contributed by atoms with Gasteiger partial charge in [0.05, 0.1) is 43.5 Å². The summed E-state index contributed by atoms with van der Waals surface area (Å²) in [6.07, 6.45) is -16.2. The molecule has 2 saturated heterocycles. The standard InChI is InChI=1S/C25H49F2N7O11/c26-25(27,8-30)21(40)22(41)34-10-4-9(31)19(44-23-11(33-3-1-2-28)5-12(36)13(6-29)42-23)18(39)20(10)45-24-17(38)15(32)16(37)14(7-35)43-24/h9-21,23-24,33,35-40H,1-8,28-32H2,(H,34,41)/t9-,10+,11+,12-,13+,14+,15-,16+,17+,18-,19+,20-,21?,23+,24+/m0/s1. The largest absolute Gasteiger partial charge is 0.394 e. The number of carbonyl (C=O) groups excluding carboxylic acids is 1. The number of aliphatic hydroxyl groups is 6. The molecule has 18 N–H and O–H groups in total. The minimum Gasteiger partial charge on any atom is -0.394 e. The summed E-state index contributed by atoms with van der Waals surface area (Å²) in [7, 11) is 0. The number of nitrogens with one attached hydrogen (secondary N) is 2. The van der Waals surface area contributed by atoms with Gasteiger partial charge in [-0.3, -0.25) is 4.79 Å². The molecule has 18 nitrogen and oxygen atoms in total. The molecule has 45 heavy (non-hydrogen) atoms.